The zero-order valence-corrected chi connectivity index (χ0v) is 18.4. The van der Waals surface area contributed by atoms with E-state index in [1.54, 1.807) is 19.2 Å². The summed E-state index contributed by atoms with van der Waals surface area (Å²) in [4.78, 5) is 5.59. The fraction of sp³-hybridized carbons (Fsp3) is 0.148. The van der Waals surface area contributed by atoms with Crippen LogP contribution in [0.15, 0.2) is 90.1 Å². The summed E-state index contributed by atoms with van der Waals surface area (Å²) in [6.07, 6.45) is 0. The molecule has 0 saturated heterocycles. The third kappa shape index (κ3) is 4.42. The Morgan fingerprint density at radius 2 is 1.62 bits per heavy atom. The van der Waals surface area contributed by atoms with E-state index in [2.05, 4.69) is 5.16 Å². The second-order valence-electron chi connectivity index (χ2n) is 7.48. The number of hydrogen-bond donors (Lipinski definition) is 0. The first-order chi connectivity index (χ1) is 15.6. The van der Waals surface area contributed by atoms with Crippen LogP contribution in [0.1, 0.15) is 23.7 Å². The van der Waals surface area contributed by atoms with Gasteiger partial charge in [0.15, 0.2) is 0 Å². The molecule has 0 radical (unpaired) electrons. The van der Waals surface area contributed by atoms with Crippen LogP contribution in [0.25, 0.3) is 16.9 Å². The number of halogens is 1. The summed E-state index contributed by atoms with van der Waals surface area (Å²) in [5, 5.41) is 4.33. The average Bonchev–Trinajstić information content (AvgIpc) is 3.17. The molecule has 4 aromatic rings. The van der Waals surface area contributed by atoms with Gasteiger partial charge in [-0.1, -0.05) is 47.6 Å². The molecule has 0 amide bonds. The molecule has 0 atom stereocenters. The predicted octanol–water partition coefficient (Wildman–Crippen LogP) is 6.54. The third-order valence-electron chi connectivity index (χ3n) is 5.39. The molecule has 0 aliphatic heterocycles. The summed E-state index contributed by atoms with van der Waals surface area (Å²) in [5.74, 6) is 0.476. The summed E-state index contributed by atoms with van der Waals surface area (Å²) < 4.78 is 22.0. The van der Waals surface area contributed by atoms with E-state index in [-0.39, 0.29) is 5.82 Å². The highest BCUT2D eigenvalue weighted by Crippen LogP contribution is 2.32. The van der Waals surface area contributed by atoms with Crippen LogP contribution in [-0.2, 0) is 11.4 Å². The molecule has 3 aromatic carbocycles. The molecule has 0 unspecified atom stereocenters. The van der Waals surface area contributed by atoms with Gasteiger partial charge in [-0.05, 0) is 67.4 Å². The highest BCUT2D eigenvalue weighted by atomic mass is 19.1. The number of rotatable bonds is 7. The molecule has 0 N–H and O–H groups in total. The fourth-order valence-electron chi connectivity index (χ4n) is 3.72. The first-order valence-electron chi connectivity index (χ1n) is 10.4. The Labute approximate surface area is 187 Å². The van der Waals surface area contributed by atoms with Gasteiger partial charge in [0.05, 0.1) is 24.2 Å². The van der Waals surface area contributed by atoms with Crippen molar-refractivity contribution in [3.05, 3.63) is 108 Å². The maximum absolute atomic E-state index is 14.8. The highest BCUT2D eigenvalue weighted by molar-refractivity contribution is 6.01. The number of para-hydroxylation sites is 1. The quantitative estimate of drug-likeness (QED) is 0.247. The van der Waals surface area contributed by atoms with Gasteiger partial charge in [0.2, 0.25) is 0 Å². The van der Waals surface area contributed by atoms with E-state index in [9.17, 15) is 4.39 Å². The largest absolute Gasteiger partial charge is 0.497 e. The van der Waals surface area contributed by atoms with Crippen molar-refractivity contribution in [2.75, 3.05) is 7.11 Å². The van der Waals surface area contributed by atoms with Crippen LogP contribution in [0.4, 0.5) is 4.39 Å². The number of benzene rings is 3. The van der Waals surface area contributed by atoms with Crippen LogP contribution in [0, 0.1) is 12.7 Å². The van der Waals surface area contributed by atoms with Gasteiger partial charge in [-0.2, -0.15) is 0 Å². The van der Waals surface area contributed by atoms with Crippen molar-refractivity contribution in [3.63, 3.8) is 0 Å². The molecular weight excluding hydrogens is 403 g/mol. The molecule has 0 spiro atoms. The number of ether oxygens (including phenoxy) is 1. The van der Waals surface area contributed by atoms with Crippen molar-refractivity contribution in [2.24, 2.45) is 5.16 Å². The van der Waals surface area contributed by atoms with E-state index in [0.29, 0.717) is 12.3 Å². The number of oxime groups is 1. The molecule has 1 heterocycles. The molecule has 0 saturated carbocycles. The molecule has 4 nitrogen and oxygen atoms in total. The van der Waals surface area contributed by atoms with E-state index in [1.165, 1.54) is 6.07 Å². The van der Waals surface area contributed by atoms with Gasteiger partial charge in [-0.15, -0.1) is 0 Å². The van der Waals surface area contributed by atoms with Gasteiger partial charge in [0, 0.05) is 11.3 Å². The minimum Gasteiger partial charge on any atom is -0.497 e. The van der Waals surface area contributed by atoms with Gasteiger partial charge in [0.1, 0.15) is 18.2 Å². The van der Waals surface area contributed by atoms with Crippen LogP contribution in [0.5, 0.6) is 5.75 Å². The van der Waals surface area contributed by atoms with E-state index >= 15 is 0 Å². The lowest BCUT2D eigenvalue weighted by molar-refractivity contribution is 0.130. The maximum Gasteiger partial charge on any atom is 0.147 e. The Morgan fingerprint density at radius 3 is 2.31 bits per heavy atom. The third-order valence-corrected chi connectivity index (χ3v) is 5.39. The zero-order chi connectivity index (χ0) is 22.5. The number of hydrogen-bond acceptors (Lipinski definition) is 3. The van der Waals surface area contributed by atoms with Crippen molar-refractivity contribution in [2.45, 2.75) is 20.5 Å². The maximum atomic E-state index is 14.8. The average molecular weight is 429 g/mol. The lowest BCUT2D eigenvalue weighted by Gasteiger charge is -2.13. The molecular formula is C27H25FN2O2. The van der Waals surface area contributed by atoms with Gasteiger partial charge in [-0.25, -0.2) is 4.39 Å². The molecule has 162 valence electrons. The van der Waals surface area contributed by atoms with Crippen LogP contribution >= 0.6 is 0 Å². The first kappa shape index (κ1) is 21.4. The Hall–Kier alpha value is -3.86. The molecule has 0 fully saturated rings. The van der Waals surface area contributed by atoms with Gasteiger partial charge in [-0.3, -0.25) is 0 Å². The monoisotopic (exact) mass is 428 g/mol. The summed E-state index contributed by atoms with van der Waals surface area (Å²) in [6, 6.07) is 26.4. The Bertz CT molecular complexity index is 1230. The predicted molar refractivity (Wildman–Crippen MR) is 126 cm³/mol. The second kappa shape index (κ2) is 9.52. The number of aromatic nitrogens is 1. The Morgan fingerprint density at radius 1 is 0.938 bits per heavy atom. The normalized spacial score (nSPS) is 11.4. The van der Waals surface area contributed by atoms with E-state index in [4.69, 9.17) is 9.57 Å². The second-order valence-corrected chi connectivity index (χ2v) is 7.48. The van der Waals surface area contributed by atoms with Crippen molar-refractivity contribution in [1.29, 1.82) is 0 Å². The Kier molecular flexibility index (Phi) is 6.36. The SMILES string of the molecule is COc1ccc(-c2cc(/C(C)=N\OCc3ccccc3)c(C)n2-c2ccccc2F)cc1. The molecule has 5 heteroatoms. The standard InChI is InChI=1S/C27H25FN2O2/c1-19(29-32-18-21-9-5-4-6-10-21)24-17-27(22-13-15-23(31-3)16-14-22)30(20(24)2)26-12-8-7-11-25(26)28/h4-17H,18H2,1-3H3/b29-19-. The van der Waals surface area contributed by atoms with Crippen molar-refractivity contribution >= 4 is 5.71 Å². The fourth-order valence-corrected chi connectivity index (χ4v) is 3.72. The van der Waals surface area contributed by atoms with Crippen molar-refractivity contribution < 1.29 is 14.0 Å². The molecule has 32 heavy (non-hydrogen) atoms. The lowest BCUT2D eigenvalue weighted by atomic mass is 10.1. The smallest absolute Gasteiger partial charge is 0.147 e. The van der Waals surface area contributed by atoms with Crippen LogP contribution in [0.3, 0.4) is 0 Å². The topological polar surface area (TPSA) is 35.8 Å². The molecule has 0 aliphatic rings. The highest BCUT2D eigenvalue weighted by Gasteiger charge is 2.19. The minimum absolute atomic E-state index is 0.289. The summed E-state index contributed by atoms with van der Waals surface area (Å²) >= 11 is 0. The summed E-state index contributed by atoms with van der Waals surface area (Å²) in [7, 11) is 1.63. The van der Waals surface area contributed by atoms with E-state index in [1.807, 2.05) is 85.1 Å². The van der Waals surface area contributed by atoms with Crippen LogP contribution in [-0.4, -0.2) is 17.4 Å². The van der Waals surface area contributed by atoms with Gasteiger partial charge >= 0.3 is 0 Å². The van der Waals surface area contributed by atoms with E-state index < -0.39 is 0 Å². The summed E-state index contributed by atoms with van der Waals surface area (Å²) in [6.45, 7) is 4.25. The van der Waals surface area contributed by atoms with Gasteiger partial charge < -0.3 is 14.1 Å². The Balaban J connectivity index is 1.75. The number of nitrogens with zero attached hydrogens (tertiary/aromatic N) is 2. The minimum atomic E-state index is -0.289. The molecule has 1 aromatic heterocycles. The van der Waals surface area contributed by atoms with Crippen LogP contribution < -0.4 is 4.74 Å². The van der Waals surface area contributed by atoms with E-state index in [0.717, 1.165) is 39.5 Å². The summed E-state index contributed by atoms with van der Waals surface area (Å²) in [5.41, 5.74) is 5.84. The van der Waals surface area contributed by atoms with Crippen LogP contribution in [0.2, 0.25) is 0 Å². The van der Waals surface area contributed by atoms with Crippen molar-refractivity contribution in [1.82, 2.24) is 4.57 Å². The van der Waals surface area contributed by atoms with Gasteiger partial charge in [0.25, 0.3) is 0 Å². The first-order valence-corrected chi connectivity index (χ1v) is 10.4. The molecule has 0 aliphatic carbocycles. The number of methoxy groups -OCH3 is 1. The molecule has 0 bridgehead atoms. The zero-order valence-electron chi connectivity index (χ0n) is 18.4. The lowest BCUT2D eigenvalue weighted by Crippen LogP contribution is -2.04. The molecule has 4 rings (SSSR count). The van der Waals surface area contributed by atoms with Crippen molar-refractivity contribution in [3.8, 4) is 22.7 Å².